The molecule has 0 fully saturated rings. The molecule has 0 aromatic carbocycles. The summed E-state index contributed by atoms with van der Waals surface area (Å²) in [5.41, 5.74) is 0. The summed E-state index contributed by atoms with van der Waals surface area (Å²) in [5, 5.41) is 0. The number of rotatable bonds is 4. The summed E-state index contributed by atoms with van der Waals surface area (Å²) < 4.78 is 18.4. The van der Waals surface area contributed by atoms with Crippen molar-refractivity contribution in [1.29, 1.82) is 0 Å². The Kier molecular flexibility index (Phi) is 5.06. The predicted molar refractivity (Wildman–Crippen MR) is 41.6 cm³/mol. The monoisotopic (exact) mass is 252 g/mol. The van der Waals surface area contributed by atoms with Crippen molar-refractivity contribution in [3.05, 3.63) is 0 Å². The normalized spacial score (nSPS) is 15.2. The van der Waals surface area contributed by atoms with Gasteiger partial charge in [-0.1, -0.05) is 15.9 Å². The van der Waals surface area contributed by atoms with Gasteiger partial charge in [-0.2, -0.15) is 0 Å². The molecule has 10 heavy (non-hydrogen) atoms. The van der Waals surface area contributed by atoms with E-state index in [1.54, 1.807) is 0 Å². The Balaban J connectivity index is 3.94. The molecule has 0 aromatic heterocycles. The van der Waals surface area contributed by atoms with Crippen molar-refractivity contribution in [1.82, 2.24) is 0 Å². The highest BCUT2D eigenvalue weighted by atomic mass is 79.9. The molecule has 0 aliphatic rings. The van der Waals surface area contributed by atoms with Crippen LogP contribution in [0.4, 0.5) is 0 Å². The molecule has 1 atom stereocenters. The Hall–Kier alpha value is 0.840. The van der Waals surface area contributed by atoms with Gasteiger partial charge in [0.1, 0.15) is 0 Å². The van der Waals surface area contributed by atoms with Gasteiger partial charge in [0.05, 0.1) is 10.4 Å². The van der Waals surface area contributed by atoms with Gasteiger partial charge in [-0.25, -0.2) is 21.0 Å². The van der Waals surface area contributed by atoms with Gasteiger partial charge in [0, 0.05) is 0 Å². The quantitative estimate of drug-likeness (QED) is 0.442. The van der Waals surface area contributed by atoms with Gasteiger partial charge < -0.3 is 0 Å². The van der Waals surface area contributed by atoms with Crippen LogP contribution in [0.1, 0.15) is 0 Å². The Morgan fingerprint density at radius 2 is 2.00 bits per heavy atom. The molecule has 0 radical (unpaired) electrons. The van der Waals surface area contributed by atoms with E-state index in [9.17, 15) is 4.57 Å². The number of hydrogen-bond donors (Lipinski definition) is 2. The Morgan fingerprint density at radius 1 is 1.60 bits per heavy atom. The highest BCUT2D eigenvalue weighted by molar-refractivity contribution is 9.10. The van der Waals surface area contributed by atoms with E-state index in [-0.39, 0.29) is 6.16 Å². The van der Waals surface area contributed by atoms with Gasteiger partial charge in [0.2, 0.25) is 0 Å². The number of hydrogen-bond acceptors (Lipinski definition) is 5. The fourth-order valence-corrected chi connectivity index (χ4v) is 2.41. The van der Waals surface area contributed by atoms with Gasteiger partial charge in [0.15, 0.2) is 0 Å². The summed E-state index contributed by atoms with van der Waals surface area (Å²) in [5.74, 6) is 9.24. The van der Waals surface area contributed by atoms with Crippen LogP contribution in [-0.4, -0.2) is 10.4 Å². The summed E-state index contributed by atoms with van der Waals surface area (Å²) in [7, 11) is -3.36. The second-order valence-corrected chi connectivity index (χ2v) is 5.56. The highest BCUT2D eigenvalue weighted by Crippen LogP contribution is 2.46. The van der Waals surface area contributed by atoms with Crippen LogP contribution >= 0.6 is 35.1 Å². The lowest BCUT2D eigenvalue weighted by Crippen LogP contribution is -2.11. The summed E-state index contributed by atoms with van der Waals surface area (Å²) in [6.45, 7) is 0. The first-order valence-electron chi connectivity index (χ1n) is 2.18. The van der Waals surface area contributed by atoms with Crippen LogP contribution in [-0.2, 0) is 13.8 Å². The third-order valence-electron chi connectivity index (χ3n) is 0.683. The Morgan fingerprint density at radius 3 is 2.10 bits per heavy atom. The number of nitrogens with two attached hydrogens (primary N) is 2. The maximum absolute atomic E-state index is 11.0. The van der Waals surface area contributed by atoms with Crippen molar-refractivity contribution in [3.63, 3.8) is 0 Å². The van der Waals surface area contributed by atoms with Crippen molar-refractivity contribution >= 4 is 35.1 Å². The molecule has 62 valence electrons. The van der Waals surface area contributed by atoms with Crippen molar-refractivity contribution in [2.75, 3.05) is 6.16 Å². The van der Waals surface area contributed by atoms with Gasteiger partial charge in [-0.3, -0.25) is 4.57 Å². The molecule has 0 saturated heterocycles. The van der Waals surface area contributed by atoms with Crippen LogP contribution in [0.15, 0.2) is 0 Å². The molecule has 0 spiro atoms. The van der Waals surface area contributed by atoms with E-state index in [0.717, 1.165) is 0 Å². The van der Waals surface area contributed by atoms with Crippen LogP contribution in [0.2, 0.25) is 0 Å². The molecule has 0 saturated carbocycles. The largest absolute Gasteiger partial charge is 0.365 e. The third kappa shape index (κ3) is 3.88. The first-order valence-corrected chi connectivity index (χ1v) is 5.26. The van der Waals surface area contributed by atoms with Gasteiger partial charge in [0.25, 0.3) is 0 Å². The first kappa shape index (κ1) is 10.8. The van der Waals surface area contributed by atoms with Gasteiger partial charge in [-0.05, 0) is 0 Å². The third-order valence-corrected chi connectivity index (χ3v) is 3.33. The summed E-state index contributed by atoms with van der Waals surface area (Å²) in [6.07, 6.45) is -0.0818. The molecule has 1 unspecified atom stereocenters. The topological polar surface area (TPSA) is 87.6 Å². The molecule has 0 rings (SSSR count). The molecule has 0 aliphatic heterocycles. The first-order chi connectivity index (χ1) is 4.54. The molecular formula is C2H7BrClN2O3P. The molecule has 4 N–H and O–H groups in total. The van der Waals surface area contributed by atoms with E-state index >= 15 is 0 Å². The van der Waals surface area contributed by atoms with E-state index in [1.807, 2.05) is 0 Å². The lowest BCUT2D eigenvalue weighted by atomic mass is 11.0. The second-order valence-electron chi connectivity index (χ2n) is 1.40. The van der Waals surface area contributed by atoms with E-state index < -0.39 is 11.9 Å². The van der Waals surface area contributed by atoms with Crippen molar-refractivity contribution in [3.8, 4) is 0 Å². The molecule has 0 heterocycles. The maximum atomic E-state index is 11.0. The maximum Gasteiger partial charge on any atom is 0.365 e. The van der Waals surface area contributed by atoms with Crippen LogP contribution < -0.4 is 11.8 Å². The molecule has 0 amide bonds. The van der Waals surface area contributed by atoms with E-state index in [4.69, 9.17) is 11.6 Å². The van der Waals surface area contributed by atoms with Crippen LogP contribution in [0, 0.1) is 0 Å². The molecular weight excluding hydrogens is 246 g/mol. The summed E-state index contributed by atoms with van der Waals surface area (Å²) >= 11 is 8.31. The zero-order chi connectivity index (χ0) is 8.20. The van der Waals surface area contributed by atoms with E-state index in [0.29, 0.717) is 0 Å². The standard InChI is InChI=1S/C2H7BrClN2O3P/c3-2(4)1-10(7,8-5)9-6/h2H,1,5-6H2. The van der Waals surface area contributed by atoms with Gasteiger partial charge >= 0.3 is 7.60 Å². The van der Waals surface area contributed by atoms with Crippen molar-refractivity contribution in [2.45, 2.75) is 4.29 Å². The molecule has 0 aliphatic carbocycles. The zero-order valence-corrected chi connectivity index (χ0v) is 8.10. The molecule has 0 bridgehead atoms. The smallest absolute Gasteiger partial charge is 0.257 e. The number of alkyl halides is 2. The van der Waals surface area contributed by atoms with Crippen molar-refractivity contribution in [2.24, 2.45) is 11.8 Å². The zero-order valence-electron chi connectivity index (χ0n) is 4.87. The highest BCUT2D eigenvalue weighted by Gasteiger charge is 2.25. The Labute approximate surface area is 71.6 Å². The summed E-state index contributed by atoms with van der Waals surface area (Å²) in [4.78, 5) is 0. The second kappa shape index (κ2) is 4.66. The van der Waals surface area contributed by atoms with Crippen LogP contribution in [0.3, 0.4) is 0 Å². The minimum Gasteiger partial charge on any atom is -0.257 e. The molecule has 8 heteroatoms. The lowest BCUT2D eigenvalue weighted by Gasteiger charge is -2.11. The molecule has 5 nitrogen and oxygen atoms in total. The summed E-state index contributed by atoms with van der Waals surface area (Å²) in [6, 6.07) is 0. The van der Waals surface area contributed by atoms with Crippen LogP contribution in [0.5, 0.6) is 0 Å². The average Bonchev–Trinajstić information content (AvgIpc) is 1.87. The Bertz CT molecular complexity index is 136. The lowest BCUT2D eigenvalue weighted by molar-refractivity contribution is 0.212. The minimum atomic E-state index is -3.36. The SMILES string of the molecule is NOP(=O)(CC(Cl)Br)ON. The fraction of sp³-hybridized carbons (Fsp3) is 1.00. The van der Waals surface area contributed by atoms with Crippen molar-refractivity contribution < 1.29 is 13.8 Å². The average molecular weight is 253 g/mol. The number of halogens is 2. The fourth-order valence-electron chi connectivity index (χ4n) is 0.280. The van der Waals surface area contributed by atoms with E-state index in [1.165, 1.54) is 0 Å². The molecule has 0 aromatic rings. The minimum absolute atomic E-state index is 0.0818. The predicted octanol–water partition coefficient (Wildman–Crippen LogP) is 0.920. The van der Waals surface area contributed by atoms with Crippen LogP contribution in [0.25, 0.3) is 0 Å². The van der Waals surface area contributed by atoms with E-state index in [2.05, 4.69) is 37.0 Å². The van der Waals surface area contributed by atoms with Gasteiger partial charge in [-0.15, -0.1) is 11.6 Å².